The van der Waals surface area contributed by atoms with Crippen LogP contribution in [0, 0.1) is 0 Å². The first-order chi connectivity index (χ1) is 8.95. The van der Waals surface area contributed by atoms with E-state index >= 15 is 0 Å². The van der Waals surface area contributed by atoms with E-state index in [-0.39, 0.29) is 18.7 Å². The van der Waals surface area contributed by atoms with E-state index in [4.69, 9.17) is 16.3 Å². The van der Waals surface area contributed by atoms with Gasteiger partial charge < -0.3 is 9.64 Å². The van der Waals surface area contributed by atoms with E-state index < -0.39 is 5.97 Å². The number of aromatic nitrogens is 2. The molecule has 0 amide bonds. The minimum atomic E-state index is -0.488. The van der Waals surface area contributed by atoms with Crippen molar-refractivity contribution in [2.75, 3.05) is 27.2 Å². The van der Waals surface area contributed by atoms with E-state index in [0.29, 0.717) is 23.6 Å². The van der Waals surface area contributed by atoms with E-state index in [1.54, 1.807) is 6.92 Å². The predicted octanol–water partition coefficient (Wildman–Crippen LogP) is 0.564. The van der Waals surface area contributed by atoms with Gasteiger partial charge >= 0.3 is 5.97 Å². The maximum atomic E-state index is 12.1. The van der Waals surface area contributed by atoms with Crippen molar-refractivity contribution in [3.8, 4) is 0 Å². The van der Waals surface area contributed by atoms with E-state index in [1.807, 2.05) is 19.0 Å². The second-order valence-corrected chi connectivity index (χ2v) is 4.70. The zero-order chi connectivity index (χ0) is 14.4. The molecule has 19 heavy (non-hydrogen) atoms. The Balaban J connectivity index is 2.93. The van der Waals surface area contributed by atoms with Crippen LogP contribution in [-0.2, 0) is 22.5 Å². The van der Waals surface area contributed by atoms with Crippen LogP contribution in [0.25, 0.3) is 0 Å². The molecule has 0 saturated carbocycles. The molecular weight excluding hydrogens is 270 g/mol. The van der Waals surface area contributed by atoms with Gasteiger partial charge in [-0.1, -0.05) is 11.6 Å². The molecule has 0 aromatic carbocycles. The summed E-state index contributed by atoms with van der Waals surface area (Å²) in [5.74, 6) is -0.488. The lowest BCUT2D eigenvalue weighted by Crippen LogP contribution is -2.31. The topological polar surface area (TPSA) is 64.4 Å². The standard InChI is InChI=1S/C12H18ClN3O3/c1-4-19-11(17)8-16-12(18)9(5-6-15(2)3)10(13)7-14-16/h7H,4-6,8H2,1-3H3. The Morgan fingerprint density at radius 1 is 1.53 bits per heavy atom. The first-order valence-corrected chi connectivity index (χ1v) is 6.38. The number of nitrogens with zero attached hydrogens (tertiary/aromatic N) is 3. The Hall–Kier alpha value is -1.40. The van der Waals surface area contributed by atoms with Crippen molar-refractivity contribution in [2.45, 2.75) is 19.9 Å². The number of rotatable bonds is 6. The highest BCUT2D eigenvalue weighted by molar-refractivity contribution is 6.31. The van der Waals surface area contributed by atoms with Crippen LogP contribution >= 0.6 is 11.6 Å². The first kappa shape index (κ1) is 15.7. The fourth-order valence-electron chi connectivity index (χ4n) is 1.51. The van der Waals surface area contributed by atoms with Crippen molar-refractivity contribution in [3.63, 3.8) is 0 Å². The molecule has 1 aromatic heterocycles. The van der Waals surface area contributed by atoms with Crippen molar-refractivity contribution < 1.29 is 9.53 Å². The quantitative estimate of drug-likeness (QED) is 0.716. The molecule has 1 aromatic rings. The number of likely N-dealkylation sites (N-methyl/N-ethyl adjacent to an activating group) is 1. The monoisotopic (exact) mass is 287 g/mol. The zero-order valence-corrected chi connectivity index (χ0v) is 12.1. The lowest BCUT2D eigenvalue weighted by Gasteiger charge is -2.11. The van der Waals surface area contributed by atoms with Crippen LogP contribution in [0.15, 0.2) is 11.0 Å². The van der Waals surface area contributed by atoms with Crippen LogP contribution in [0.4, 0.5) is 0 Å². The number of carbonyl (C=O) groups excluding carboxylic acids is 1. The fourth-order valence-corrected chi connectivity index (χ4v) is 1.73. The lowest BCUT2D eigenvalue weighted by atomic mass is 10.2. The van der Waals surface area contributed by atoms with Gasteiger partial charge in [-0.3, -0.25) is 9.59 Å². The third-order valence-electron chi connectivity index (χ3n) is 2.48. The average Bonchev–Trinajstić information content (AvgIpc) is 2.32. The number of hydrogen-bond acceptors (Lipinski definition) is 5. The first-order valence-electron chi connectivity index (χ1n) is 6.00. The molecule has 0 aliphatic rings. The number of halogens is 1. The summed E-state index contributed by atoms with van der Waals surface area (Å²) in [7, 11) is 3.82. The third-order valence-corrected chi connectivity index (χ3v) is 2.81. The lowest BCUT2D eigenvalue weighted by molar-refractivity contribution is -0.144. The summed E-state index contributed by atoms with van der Waals surface area (Å²) in [6.45, 7) is 2.48. The molecule has 0 fully saturated rings. The molecule has 1 heterocycles. The highest BCUT2D eigenvalue weighted by Gasteiger charge is 2.13. The molecule has 0 aliphatic carbocycles. The molecule has 7 heteroatoms. The Bertz CT molecular complexity index is 499. The van der Waals surface area contributed by atoms with Gasteiger partial charge in [0.25, 0.3) is 5.56 Å². The molecule has 106 valence electrons. The van der Waals surface area contributed by atoms with Crippen molar-refractivity contribution in [3.05, 3.63) is 27.1 Å². The normalized spacial score (nSPS) is 10.8. The van der Waals surface area contributed by atoms with E-state index in [1.165, 1.54) is 6.20 Å². The van der Waals surface area contributed by atoms with Crippen molar-refractivity contribution in [1.82, 2.24) is 14.7 Å². The number of ether oxygens (including phenoxy) is 1. The van der Waals surface area contributed by atoms with Gasteiger partial charge in [-0.25, -0.2) is 4.68 Å². The molecule has 0 radical (unpaired) electrons. The number of carbonyl (C=O) groups is 1. The van der Waals surface area contributed by atoms with Crippen molar-refractivity contribution in [2.24, 2.45) is 0 Å². The molecule has 6 nitrogen and oxygen atoms in total. The maximum absolute atomic E-state index is 12.1. The fraction of sp³-hybridized carbons (Fsp3) is 0.583. The second-order valence-electron chi connectivity index (χ2n) is 4.29. The summed E-state index contributed by atoms with van der Waals surface area (Å²) < 4.78 is 5.87. The molecular formula is C12H18ClN3O3. The maximum Gasteiger partial charge on any atom is 0.327 e. The molecule has 0 atom stereocenters. The minimum Gasteiger partial charge on any atom is -0.465 e. The highest BCUT2D eigenvalue weighted by Crippen LogP contribution is 2.10. The van der Waals surface area contributed by atoms with Gasteiger partial charge in [-0.2, -0.15) is 5.10 Å². The molecule has 0 unspecified atom stereocenters. The van der Waals surface area contributed by atoms with Crippen LogP contribution in [-0.4, -0.2) is 47.9 Å². The molecule has 0 aliphatic heterocycles. The average molecular weight is 288 g/mol. The van der Waals surface area contributed by atoms with Crippen molar-refractivity contribution >= 4 is 17.6 Å². The van der Waals surface area contributed by atoms with Gasteiger partial charge in [0.15, 0.2) is 0 Å². The SMILES string of the molecule is CCOC(=O)Cn1ncc(Cl)c(CCN(C)C)c1=O. The van der Waals surface area contributed by atoms with Crippen LogP contribution in [0.3, 0.4) is 0 Å². The van der Waals surface area contributed by atoms with Gasteiger partial charge in [0.05, 0.1) is 17.8 Å². The number of esters is 1. The summed E-state index contributed by atoms with van der Waals surface area (Å²) in [4.78, 5) is 25.4. The number of hydrogen-bond donors (Lipinski definition) is 0. The minimum absolute atomic E-state index is 0.196. The molecule has 0 spiro atoms. The van der Waals surface area contributed by atoms with Crippen LogP contribution < -0.4 is 5.56 Å². The van der Waals surface area contributed by atoms with Crippen LogP contribution in [0.1, 0.15) is 12.5 Å². The largest absolute Gasteiger partial charge is 0.465 e. The van der Waals surface area contributed by atoms with Gasteiger partial charge in [0.2, 0.25) is 0 Å². The summed E-state index contributed by atoms with van der Waals surface area (Å²) in [5.41, 5.74) is 0.122. The highest BCUT2D eigenvalue weighted by atomic mass is 35.5. The summed E-state index contributed by atoms with van der Waals surface area (Å²) in [6.07, 6.45) is 1.89. The third kappa shape index (κ3) is 4.65. The van der Waals surface area contributed by atoms with E-state index in [2.05, 4.69) is 5.10 Å². The molecule has 1 rings (SSSR count). The van der Waals surface area contributed by atoms with Gasteiger partial charge in [0.1, 0.15) is 6.54 Å². The van der Waals surface area contributed by atoms with E-state index in [9.17, 15) is 9.59 Å². The van der Waals surface area contributed by atoms with Gasteiger partial charge in [-0.05, 0) is 27.4 Å². The summed E-state index contributed by atoms with van der Waals surface area (Å²) in [5, 5.41) is 4.17. The van der Waals surface area contributed by atoms with Crippen LogP contribution in [0.2, 0.25) is 5.02 Å². The van der Waals surface area contributed by atoms with Gasteiger partial charge in [-0.15, -0.1) is 0 Å². The smallest absolute Gasteiger partial charge is 0.327 e. The second kappa shape index (κ2) is 7.25. The Morgan fingerprint density at radius 2 is 2.21 bits per heavy atom. The summed E-state index contributed by atoms with van der Waals surface area (Å²) in [6, 6.07) is 0. The Kier molecular flexibility index (Phi) is 5.98. The van der Waals surface area contributed by atoms with Crippen molar-refractivity contribution in [1.29, 1.82) is 0 Å². The molecule has 0 saturated heterocycles. The molecule has 0 bridgehead atoms. The zero-order valence-electron chi connectivity index (χ0n) is 11.4. The summed E-state index contributed by atoms with van der Waals surface area (Å²) >= 11 is 5.97. The predicted molar refractivity (Wildman–Crippen MR) is 72.4 cm³/mol. The van der Waals surface area contributed by atoms with E-state index in [0.717, 1.165) is 4.68 Å². The van der Waals surface area contributed by atoms with Gasteiger partial charge in [0, 0.05) is 12.1 Å². The molecule has 0 N–H and O–H groups in total. The van der Waals surface area contributed by atoms with Crippen LogP contribution in [0.5, 0.6) is 0 Å². The Morgan fingerprint density at radius 3 is 2.79 bits per heavy atom. The Labute approximate surface area is 116 Å².